The van der Waals surface area contributed by atoms with E-state index >= 15 is 0 Å². The van der Waals surface area contributed by atoms with Crippen LogP contribution in [0, 0.1) is 0 Å². The Morgan fingerprint density at radius 3 is 1.19 bits per heavy atom. The molecular formula is C10H20F6N3O6S2-. The Morgan fingerprint density at radius 2 is 0.963 bits per heavy atom. The van der Waals surface area contributed by atoms with Gasteiger partial charge in [0.1, 0.15) is 11.5 Å². The maximum Gasteiger partial charge on any atom is 0.401 e. The Balaban J connectivity index is 0. The van der Waals surface area contributed by atoms with Crippen LogP contribution in [0.1, 0.15) is 0 Å². The lowest BCUT2D eigenvalue weighted by Gasteiger charge is -2.21. The molecule has 0 heterocycles. The fourth-order valence-corrected chi connectivity index (χ4v) is 3.76. The van der Waals surface area contributed by atoms with Gasteiger partial charge in [-0.25, -0.2) is 16.8 Å². The molecule has 0 amide bonds. The van der Waals surface area contributed by atoms with Gasteiger partial charge in [-0.05, 0) is 0 Å². The number of nitrogens with two attached hydrogens (primary N) is 2. The van der Waals surface area contributed by atoms with Crippen molar-refractivity contribution in [3.05, 3.63) is 4.13 Å². The molecule has 0 aliphatic heterocycles. The summed E-state index contributed by atoms with van der Waals surface area (Å²) >= 11 is 0. The van der Waals surface area contributed by atoms with Crippen LogP contribution in [0.5, 0.6) is 0 Å². The van der Waals surface area contributed by atoms with E-state index in [2.05, 4.69) is 0 Å². The summed E-state index contributed by atoms with van der Waals surface area (Å²) in [6, 6.07) is 0. The monoisotopic (exact) mass is 456 g/mol. The van der Waals surface area contributed by atoms with E-state index in [0.29, 0.717) is 39.5 Å². The molecule has 0 radical (unpaired) electrons. The third kappa shape index (κ3) is 23.2. The van der Waals surface area contributed by atoms with Crippen LogP contribution < -0.4 is 11.5 Å². The Kier molecular flexibility index (Phi) is 13.4. The highest BCUT2D eigenvalue weighted by Crippen LogP contribution is 2.25. The molecule has 0 atom stereocenters. The minimum absolute atomic E-state index is 0.566. The Bertz CT molecular complexity index is 542. The van der Waals surface area contributed by atoms with Crippen molar-refractivity contribution >= 4 is 20.0 Å². The highest BCUT2D eigenvalue weighted by Gasteiger charge is 2.35. The number of sulfonamides is 2. The van der Waals surface area contributed by atoms with Gasteiger partial charge in [-0.3, -0.25) is 0 Å². The molecule has 0 aromatic rings. The molecule has 166 valence electrons. The first kappa shape index (κ1) is 28.5. The molecule has 0 spiro atoms. The molecule has 0 saturated heterocycles. The maximum absolute atomic E-state index is 11.6. The van der Waals surface area contributed by atoms with Crippen molar-refractivity contribution in [2.45, 2.75) is 12.4 Å². The number of halogens is 6. The first-order valence-corrected chi connectivity index (χ1v) is 10.1. The summed E-state index contributed by atoms with van der Waals surface area (Å²) in [6.45, 7) is 3.56. The van der Waals surface area contributed by atoms with E-state index in [1.165, 1.54) is 0 Å². The van der Waals surface area contributed by atoms with Crippen LogP contribution in [-0.2, 0) is 29.5 Å². The van der Waals surface area contributed by atoms with E-state index in [1.54, 1.807) is 4.13 Å². The lowest BCUT2D eigenvalue weighted by atomic mass is 10.7. The second-order valence-corrected chi connectivity index (χ2v) is 8.06. The molecule has 0 rings (SSSR count). The van der Waals surface area contributed by atoms with Crippen molar-refractivity contribution in [1.82, 2.24) is 0 Å². The molecule has 9 nitrogen and oxygen atoms in total. The smallest absolute Gasteiger partial charge is 0.401 e. The maximum atomic E-state index is 11.6. The minimum Gasteiger partial charge on any atom is -0.436 e. The third-order valence-electron chi connectivity index (χ3n) is 1.82. The SMILES string of the molecule is NCCOCCOCCN.O=S(=O)(CC(F)(F)F)[N-]S(=O)(=O)CC(F)(F)F. The van der Waals surface area contributed by atoms with Gasteiger partial charge in [0.05, 0.1) is 46.5 Å². The molecule has 0 fully saturated rings. The molecule has 0 aliphatic carbocycles. The van der Waals surface area contributed by atoms with Gasteiger partial charge in [0, 0.05) is 13.1 Å². The van der Waals surface area contributed by atoms with Crippen molar-refractivity contribution in [1.29, 1.82) is 0 Å². The average molecular weight is 456 g/mol. The summed E-state index contributed by atoms with van der Waals surface area (Å²) in [5.74, 6) is -5.28. The normalized spacial score (nSPS) is 13.2. The van der Waals surface area contributed by atoms with Crippen molar-refractivity contribution in [3.63, 3.8) is 0 Å². The number of hydrogen-bond acceptors (Lipinski definition) is 8. The van der Waals surface area contributed by atoms with E-state index in [-0.39, 0.29) is 0 Å². The number of alkyl halides is 6. The average Bonchev–Trinajstić information content (AvgIpc) is 2.36. The van der Waals surface area contributed by atoms with Crippen LogP contribution in [-0.4, -0.2) is 80.2 Å². The molecule has 27 heavy (non-hydrogen) atoms. The van der Waals surface area contributed by atoms with Gasteiger partial charge < -0.3 is 25.1 Å². The highest BCUT2D eigenvalue weighted by atomic mass is 32.3. The summed E-state index contributed by atoms with van der Waals surface area (Å²) in [5.41, 5.74) is 10.4. The van der Waals surface area contributed by atoms with Crippen LogP contribution >= 0.6 is 0 Å². The van der Waals surface area contributed by atoms with Crippen molar-refractivity contribution in [2.24, 2.45) is 11.5 Å². The van der Waals surface area contributed by atoms with E-state index in [0.717, 1.165) is 0 Å². The van der Waals surface area contributed by atoms with Crippen LogP contribution in [0.25, 0.3) is 4.13 Å². The Morgan fingerprint density at radius 1 is 0.667 bits per heavy atom. The zero-order valence-electron chi connectivity index (χ0n) is 13.8. The predicted molar refractivity (Wildman–Crippen MR) is 82.8 cm³/mol. The summed E-state index contributed by atoms with van der Waals surface area (Å²) in [7, 11) is -11.1. The number of rotatable bonds is 11. The number of nitrogens with zero attached hydrogens (tertiary/aromatic N) is 1. The largest absolute Gasteiger partial charge is 0.436 e. The van der Waals surface area contributed by atoms with E-state index < -0.39 is 43.9 Å². The van der Waals surface area contributed by atoms with Crippen LogP contribution in [0.15, 0.2) is 0 Å². The van der Waals surface area contributed by atoms with Crippen LogP contribution in [0.2, 0.25) is 0 Å². The Hall–Kier alpha value is -0.720. The predicted octanol–water partition coefficient (Wildman–Crippen LogP) is 0.0813. The van der Waals surface area contributed by atoms with Gasteiger partial charge >= 0.3 is 12.4 Å². The van der Waals surface area contributed by atoms with Crippen molar-refractivity contribution < 1.29 is 52.7 Å². The zero-order valence-corrected chi connectivity index (χ0v) is 15.4. The highest BCUT2D eigenvalue weighted by molar-refractivity contribution is 8.12. The van der Waals surface area contributed by atoms with Crippen molar-refractivity contribution in [2.75, 3.05) is 51.0 Å². The van der Waals surface area contributed by atoms with Gasteiger partial charge in [-0.2, -0.15) is 26.3 Å². The molecule has 4 N–H and O–H groups in total. The number of hydrogen-bond donors (Lipinski definition) is 2. The molecule has 0 unspecified atom stereocenters. The van der Waals surface area contributed by atoms with E-state index in [9.17, 15) is 43.2 Å². The molecule has 0 saturated carbocycles. The lowest BCUT2D eigenvalue weighted by Crippen LogP contribution is -2.27. The first-order valence-electron chi connectivity index (χ1n) is 6.92. The topological polar surface area (TPSA) is 153 Å². The van der Waals surface area contributed by atoms with E-state index in [4.69, 9.17) is 20.9 Å². The fraction of sp³-hybridized carbons (Fsp3) is 1.00. The van der Waals surface area contributed by atoms with Gasteiger partial charge in [-0.1, -0.05) is 0 Å². The Labute approximate surface area is 152 Å². The van der Waals surface area contributed by atoms with Crippen molar-refractivity contribution in [3.8, 4) is 0 Å². The molecular weight excluding hydrogens is 436 g/mol. The van der Waals surface area contributed by atoms with Crippen LogP contribution in [0.3, 0.4) is 0 Å². The van der Waals surface area contributed by atoms with Gasteiger partial charge in [0.2, 0.25) is 0 Å². The van der Waals surface area contributed by atoms with E-state index in [1.807, 2.05) is 0 Å². The molecule has 0 aliphatic rings. The summed E-state index contributed by atoms with van der Waals surface area (Å²) in [4.78, 5) is 0. The van der Waals surface area contributed by atoms with Gasteiger partial charge in [0.25, 0.3) is 0 Å². The summed E-state index contributed by atoms with van der Waals surface area (Å²) in [6.07, 6.45) is -10.6. The summed E-state index contributed by atoms with van der Waals surface area (Å²) in [5, 5.41) is 0. The standard InChI is InChI=1S/C6H16N2O2.C4H4F6NO4S2/c7-1-3-9-5-6-10-4-2-8;5-3(6,7)1-16(12,13)11-17(14,15)2-4(8,9)10/h1-8H2;1-2H2/q;-1. The van der Waals surface area contributed by atoms with Gasteiger partial charge in [-0.15, -0.1) is 0 Å². The minimum atomic E-state index is -5.56. The molecule has 0 bridgehead atoms. The second-order valence-electron chi connectivity index (χ2n) is 4.56. The first-order chi connectivity index (χ1) is 12.0. The molecule has 0 aromatic heterocycles. The lowest BCUT2D eigenvalue weighted by molar-refractivity contribution is -0.107. The number of ether oxygens (including phenoxy) is 2. The molecule has 17 heteroatoms. The van der Waals surface area contributed by atoms with Gasteiger partial charge in [0.15, 0.2) is 0 Å². The molecule has 0 aromatic carbocycles. The zero-order chi connectivity index (χ0) is 21.8. The fourth-order valence-electron chi connectivity index (χ4n) is 1.13. The van der Waals surface area contributed by atoms with Crippen LogP contribution in [0.4, 0.5) is 26.3 Å². The quantitative estimate of drug-likeness (QED) is 0.327. The second kappa shape index (κ2) is 12.7. The summed E-state index contributed by atoms with van der Waals surface area (Å²) < 4.78 is 123. The third-order valence-corrected chi connectivity index (χ3v) is 5.02.